The number of aliphatic hydroxyl groups excluding tert-OH is 1. The molecule has 0 amide bonds. The van der Waals surface area contributed by atoms with Gasteiger partial charge in [0.15, 0.2) is 0 Å². The Labute approximate surface area is 89.5 Å². The molecule has 1 rings (SSSR count). The molecule has 0 aliphatic rings. The quantitative estimate of drug-likeness (QED) is 0.817. The summed E-state index contributed by atoms with van der Waals surface area (Å²) in [6.07, 6.45) is -4.97. The van der Waals surface area contributed by atoms with Crippen LogP contribution in [0, 0.1) is 6.92 Å². The molecule has 1 atom stereocenters. The average Bonchev–Trinajstić information content (AvgIpc) is 2.19. The number of hydrogen-bond acceptors (Lipinski definition) is 2. The van der Waals surface area contributed by atoms with Crippen LogP contribution in [-0.2, 0) is 0 Å². The van der Waals surface area contributed by atoms with Crippen molar-refractivity contribution in [3.8, 4) is 5.75 Å². The summed E-state index contributed by atoms with van der Waals surface area (Å²) >= 11 is 0. The summed E-state index contributed by atoms with van der Waals surface area (Å²) in [4.78, 5) is 0. The zero-order chi connectivity index (χ0) is 12.3. The van der Waals surface area contributed by atoms with Gasteiger partial charge in [-0.05, 0) is 24.1 Å². The van der Waals surface area contributed by atoms with Crippen LogP contribution in [0.15, 0.2) is 18.2 Å². The molecule has 0 aromatic heterocycles. The summed E-state index contributed by atoms with van der Waals surface area (Å²) in [6.45, 7) is -1.53. The van der Waals surface area contributed by atoms with Gasteiger partial charge in [-0.25, -0.2) is 8.78 Å². The molecule has 0 radical (unpaired) electrons. The molecule has 0 spiro atoms. The van der Waals surface area contributed by atoms with Crippen LogP contribution in [0.4, 0.5) is 17.6 Å². The maximum absolute atomic E-state index is 12.2. The molecule has 0 saturated carbocycles. The third-order valence-corrected chi connectivity index (χ3v) is 2.01. The first kappa shape index (κ1) is 12.8. The van der Waals surface area contributed by atoms with Crippen LogP contribution >= 0.6 is 0 Å². The highest BCUT2D eigenvalue weighted by molar-refractivity contribution is 5.37. The van der Waals surface area contributed by atoms with Crippen molar-refractivity contribution in [1.29, 1.82) is 0 Å². The number of benzene rings is 1. The Hall–Kier alpha value is -1.30. The predicted octanol–water partition coefficient (Wildman–Crippen LogP) is 2.89. The van der Waals surface area contributed by atoms with Crippen molar-refractivity contribution in [1.82, 2.24) is 0 Å². The van der Waals surface area contributed by atoms with Gasteiger partial charge in [0.25, 0.3) is 6.43 Å². The predicted molar refractivity (Wildman–Crippen MR) is 48.8 cm³/mol. The molecule has 16 heavy (non-hydrogen) atoms. The SMILES string of the molecule is Cc1ccc(C(O)C(F)F)cc1OC(F)F. The standard InChI is InChI=1S/C10H10F4O2/c1-5-2-3-6(8(15)9(11)12)4-7(5)16-10(13)14/h2-4,8-10,15H,1H3. The van der Waals surface area contributed by atoms with Gasteiger partial charge >= 0.3 is 6.61 Å². The monoisotopic (exact) mass is 238 g/mol. The first-order chi connectivity index (χ1) is 7.41. The third kappa shape index (κ3) is 3.10. The Morgan fingerprint density at radius 2 is 1.81 bits per heavy atom. The fraction of sp³-hybridized carbons (Fsp3) is 0.400. The molecular weight excluding hydrogens is 228 g/mol. The molecule has 0 heterocycles. The maximum atomic E-state index is 12.2. The van der Waals surface area contributed by atoms with Crippen LogP contribution in [-0.4, -0.2) is 18.1 Å². The van der Waals surface area contributed by atoms with Gasteiger partial charge in [0, 0.05) is 0 Å². The Kier molecular flexibility index (Phi) is 4.12. The smallest absolute Gasteiger partial charge is 0.387 e. The lowest BCUT2D eigenvalue weighted by molar-refractivity contribution is -0.0507. The van der Waals surface area contributed by atoms with E-state index in [-0.39, 0.29) is 11.3 Å². The van der Waals surface area contributed by atoms with Crippen molar-refractivity contribution < 1.29 is 27.4 Å². The minimum absolute atomic E-state index is 0.156. The highest BCUT2D eigenvalue weighted by Crippen LogP contribution is 2.27. The molecule has 6 heteroatoms. The lowest BCUT2D eigenvalue weighted by atomic mass is 10.1. The van der Waals surface area contributed by atoms with Gasteiger partial charge in [-0.3, -0.25) is 0 Å². The molecule has 0 fully saturated rings. The van der Waals surface area contributed by atoms with Gasteiger partial charge in [-0.2, -0.15) is 8.78 Å². The van der Waals surface area contributed by atoms with E-state index in [2.05, 4.69) is 4.74 Å². The van der Waals surface area contributed by atoms with E-state index < -0.39 is 19.1 Å². The minimum Gasteiger partial charge on any atom is -0.435 e. The second-order valence-corrected chi connectivity index (χ2v) is 3.18. The zero-order valence-electron chi connectivity index (χ0n) is 8.33. The molecular formula is C10H10F4O2. The van der Waals surface area contributed by atoms with E-state index in [0.29, 0.717) is 5.56 Å². The molecule has 1 aromatic carbocycles. The maximum Gasteiger partial charge on any atom is 0.387 e. The Balaban J connectivity index is 2.97. The summed E-state index contributed by atoms with van der Waals surface area (Å²) in [6, 6.07) is 3.56. The minimum atomic E-state index is -3.03. The van der Waals surface area contributed by atoms with Gasteiger partial charge < -0.3 is 9.84 Å². The highest BCUT2D eigenvalue weighted by Gasteiger charge is 2.20. The van der Waals surface area contributed by atoms with E-state index in [0.717, 1.165) is 6.07 Å². The van der Waals surface area contributed by atoms with Crippen LogP contribution in [0.1, 0.15) is 17.2 Å². The largest absolute Gasteiger partial charge is 0.435 e. The van der Waals surface area contributed by atoms with E-state index in [4.69, 9.17) is 5.11 Å². The fourth-order valence-corrected chi connectivity index (χ4v) is 1.17. The third-order valence-electron chi connectivity index (χ3n) is 2.01. The summed E-state index contributed by atoms with van der Waals surface area (Å²) in [7, 11) is 0. The topological polar surface area (TPSA) is 29.5 Å². The number of aliphatic hydroxyl groups is 1. The first-order valence-corrected chi connectivity index (χ1v) is 4.43. The number of alkyl halides is 4. The van der Waals surface area contributed by atoms with Crippen molar-refractivity contribution >= 4 is 0 Å². The second kappa shape index (κ2) is 5.16. The molecule has 0 aliphatic heterocycles. The van der Waals surface area contributed by atoms with Crippen LogP contribution in [0.5, 0.6) is 5.75 Å². The number of hydrogen-bond donors (Lipinski definition) is 1. The molecule has 2 nitrogen and oxygen atoms in total. The molecule has 90 valence electrons. The van der Waals surface area contributed by atoms with Gasteiger partial charge in [-0.15, -0.1) is 0 Å². The molecule has 0 bridgehead atoms. The van der Waals surface area contributed by atoms with Gasteiger partial charge in [-0.1, -0.05) is 12.1 Å². The average molecular weight is 238 g/mol. The molecule has 1 aromatic rings. The van der Waals surface area contributed by atoms with Crippen molar-refractivity contribution in [2.45, 2.75) is 26.1 Å². The summed E-state index contributed by atoms with van der Waals surface area (Å²) in [5.41, 5.74) is 0.224. The second-order valence-electron chi connectivity index (χ2n) is 3.18. The lowest BCUT2D eigenvalue weighted by Crippen LogP contribution is -2.09. The molecule has 1 N–H and O–H groups in total. The Morgan fingerprint density at radius 1 is 1.19 bits per heavy atom. The van der Waals surface area contributed by atoms with Crippen LogP contribution in [0.25, 0.3) is 0 Å². The zero-order valence-corrected chi connectivity index (χ0v) is 8.33. The van der Waals surface area contributed by atoms with Crippen molar-refractivity contribution in [3.63, 3.8) is 0 Å². The normalized spacial score (nSPS) is 13.2. The van der Waals surface area contributed by atoms with E-state index in [9.17, 15) is 17.6 Å². The lowest BCUT2D eigenvalue weighted by Gasteiger charge is -2.13. The highest BCUT2D eigenvalue weighted by atomic mass is 19.3. The molecule has 1 unspecified atom stereocenters. The van der Waals surface area contributed by atoms with Gasteiger partial charge in [0.1, 0.15) is 11.9 Å². The van der Waals surface area contributed by atoms with Crippen LogP contribution < -0.4 is 4.74 Å². The van der Waals surface area contributed by atoms with Gasteiger partial charge in [0.2, 0.25) is 0 Å². The summed E-state index contributed by atoms with van der Waals surface area (Å²) in [5.74, 6) is -0.216. The fourth-order valence-electron chi connectivity index (χ4n) is 1.17. The molecule has 0 aliphatic carbocycles. The Bertz CT molecular complexity index is 355. The summed E-state index contributed by atoms with van der Waals surface area (Å²) < 4.78 is 52.4. The van der Waals surface area contributed by atoms with Crippen LogP contribution in [0.3, 0.4) is 0 Å². The van der Waals surface area contributed by atoms with Crippen molar-refractivity contribution in [2.24, 2.45) is 0 Å². The van der Waals surface area contributed by atoms with E-state index in [1.54, 1.807) is 0 Å². The van der Waals surface area contributed by atoms with E-state index in [1.807, 2.05) is 0 Å². The van der Waals surface area contributed by atoms with E-state index >= 15 is 0 Å². The van der Waals surface area contributed by atoms with Crippen molar-refractivity contribution in [3.05, 3.63) is 29.3 Å². The molecule has 0 saturated heterocycles. The van der Waals surface area contributed by atoms with E-state index in [1.165, 1.54) is 19.1 Å². The van der Waals surface area contributed by atoms with Crippen molar-refractivity contribution in [2.75, 3.05) is 0 Å². The first-order valence-electron chi connectivity index (χ1n) is 4.43. The van der Waals surface area contributed by atoms with Crippen LogP contribution in [0.2, 0.25) is 0 Å². The Morgan fingerprint density at radius 3 is 2.31 bits per heavy atom. The number of aryl methyl sites for hydroxylation is 1. The summed E-state index contributed by atoms with van der Waals surface area (Å²) in [5, 5.41) is 9.05. The number of ether oxygens (including phenoxy) is 1. The van der Waals surface area contributed by atoms with Gasteiger partial charge in [0.05, 0.1) is 0 Å². The number of rotatable bonds is 4. The number of halogens is 4.